The second-order valence-corrected chi connectivity index (χ2v) is 16.8. The molecule has 2 fully saturated rings. The molecular weight excluding hydrogens is 626 g/mol. The summed E-state index contributed by atoms with van der Waals surface area (Å²) < 4.78 is 24.6. The molecule has 0 amide bonds. The molecule has 2 saturated carbocycles. The van der Waals surface area contributed by atoms with E-state index in [0.717, 1.165) is 30.4 Å². The van der Waals surface area contributed by atoms with Crippen molar-refractivity contribution < 1.29 is 28.5 Å². The molecule has 6 atom stereocenters. The zero-order chi connectivity index (χ0) is 36.3. The first-order valence-corrected chi connectivity index (χ1v) is 18.1. The van der Waals surface area contributed by atoms with Gasteiger partial charge in [-0.25, -0.2) is 4.79 Å². The normalized spacial score (nSPS) is 23.2. The molecule has 2 aliphatic rings. The SMILES string of the molecule is COC1CC2CCC1(CN(Cc1ccccc1)[C@H](c1ccccc1)[C@H](C(=O)OC(C)(C)C)[C@@H](OC(=O)OC(C)(C)C)c1ccccc1)C2(C)C. The predicted molar refractivity (Wildman–Crippen MR) is 196 cm³/mol. The maximum Gasteiger partial charge on any atom is 0.509 e. The number of nitrogens with zero attached hydrogens (tertiary/aromatic N) is 1. The Balaban J connectivity index is 1.74. The van der Waals surface area contributed by atoms with Crippen LogP contribution in [0.3, 0.4) is 0 Å². The van der Waals surface area contributed by atoms with Gasteiger partial charge in [0.05, 0.1) is 12.1 Å². The van der Waals surface area contributed by atoms with Crippen LogP contribution in [-0.4, -0.2) is 48.0 Å². The number of fused-ring (bicyclic) bond motifs is 2. The standard InChI is InChI=1S/C43H57NO6/c1-40(2,3)49-38(45)35(37(32-23-17-12-18-24-32)48-39(46)50-41(4,5)6)36(31-21-15-11-16-22-31)44(28-30-19-13-10-14-20-30)29-43-26-25-33(42(43,7)8)27-34(43)47-9/h10-24,33-37H,25-29H2,1-9H3/t33?,34?,35-,36+,37-,43?/m0/s1. The Hall–Kier alpha value is -3.68. The fraction of sp³-hybridized carbons (Fsp3) is 0.535. The number of hydrogen-bond donors (Lipinski definition) is 0. The highest BCUT2D eigenvalue weighted by atomic mass is 16.7. The molecule has 3 unspecified atom stereocenters. The van der Waals surface area contributed by atoms with Crippen molar-refractivity contribution in [3.8, 4) is 0 Å². The van der Waals surface area contributed by atoms with Crippen molar-refractivity contribution in [1.82, 2.24) is 4.90 Å². The quantitative estimate of drug-likeness (QED) is 0.176. The van der Waals surface area contributed by atoms with Crippen LogP contribution in [0, 0.1) is 22.7 Å². The maximum absolute atomic E-state index is 14.9. The van der Waals surface area contributed by atoms with Gasteiger partial charge in [0.25, 0.3) is 0 Å². The lowest BCUT2D eigenvalue weighted by molar-refractivity contribution is -0.171. The number of esters is 1. The van der Waals surface area contributed by atoms with E-state index in [1.54, 1.807) is 20.8 Å². The summed E-state index contributed by atoms with van der Waals surface area (Å²) in [6.45, 7) is 17.0. The van der Waals surface area contributed by atoms with Gasteiger partial charge in [-0.1, -0.05) is 105 Å². The number of hydrogen-bond acceptors (Lipinski definition) is 7. The fourth-order valence-electron chi connectivity index (χ4n) is 8.59. The molecule has 50 heavy (non-hydrogen) atoms. The average Bonchev–Trinajstić information content (AvgIpc) is 3.41. The Morgan fingerprint density at radius 1 is 0.800 bits per heavy atom. The van der Waals surface area contributed by atoms with Gasteiger partial charge in [0.15, 0.2) is 0 Å². The summed E-state index contributed by atoms with van der Waals surface area (Å²) >= 11 is 0. The summed E-state index contributed by atoms with van der Waals surface area (Å²) in [5, 5.41) is 0. The first-order chi connectivity index (χ1) is 23.5. The van der Waals surface area contributed by atoms with Crippen LogP contribution in [0.15, 0.2) is 91.0 Å². The lowest BCUT2D eigenvalue weighted by Gasteiger charge is -2.48. The van der Waals surface area contributed by atoms with Crippen LogP contribution >= 0.6 is 0 Å². The molecule has 270 valence electrons. The molecule has 0 aromatic heterocycles. The summed E-state index contributed by atoms with van der Waals surface area (Å²) in [7, 11) is 1.84. The van der Waals surface area contributed by atoms with E-state index in [1.165, 1.54) is 0 Å². The van der Waals surface area contributed by atoms with Gasteiger partial charge in [0, 0.05) is 25.6 Å². The molecule has 5 rings (SSSR count). The number of methoxy groups -OCH3 is 1. The first-order valence-electron chi connectivity index (χ1n) is 18.1. The van der Waals surface area contributed by atoms with Crippen molar-refractivity contribution in [1.29, 1.82) is 0 Å². The highest BCUT2D eigenvalue weighted by molar-refractivity contribution is 5.76. The van der Waals surface area contributed by atoms with Gasteiger partial charge in [-0.15, -0.1) is 0 Å². The van der Waals surface area contributed by atoms with Crippen molar-refractivity contribution in [2.24, 2.45) is 22.7 Å². The monoisotopic (exact) mass is 683 g/mol. The minimum Gasteiger partial charge on any atom is -0.460 e. The van der Waals surface area contributed by atoms with Crippen LogP contribution in [0.1, 0.15) is 103 Å². The van der Waals surface area contributed by atoms with E-state index >= 15 is 0 Å². The van der Waals surface area contributed by atoms with E-state index in [0.29, 0.717) is 24.6 Å². The molecule has 3 aromatic rings. The van der Waals surface area contributed by atoms with Crippen molar-refractivity contribution in [2.75, 3.05) is 13.7 Å². The average molecular weight is 684 g/mol. The molecule has 0 spiro atoms. The molecule has 0 heterocycles. The van der Waals surface area contributed by atoms with Crippen LogP contribution in [0.2, 0.25) is 0 Å². The van der Waals surface area contributed by atoms with Crippen molar-refractivity contribution in [2.45, 2.75) is 111 Å². The van der Waals surface area contributed by atoms with Gasteiger partial charge in [0.1, 0.15) is 23.2 Å². The number of ether oxygens (including phenoxy) is 4. The third kappa shape index (κ3) is 8.26. The minimum atomic E-state index is -1.02. The van der Waals surface area contributed by atoms with Crippen LogP contribution in [0.4, 0.5) is 4.79 Å². The summed E-state index contributed by atoms with van der Waals surface area (Å²) in [6, 6.07) is 29.5. The van der Waals surface area contributed by atoms with E-state index in [9.17, 15) is 9.59 Å². The fourth-order valence-corrected chi connectivity index (χ4v) is 8.59. The van der Waals surface area contributed by atoms with E-state index in [2.05, 4.69) is 55.1 Å². The van der Waals surface area contributed by atoms with Gasteiger partial charge < -0.3 is 18.9 Å². The number of carbonyl (C=O) groups is 2. The summed E-state index contributed by atoms with van der Waals surface area (Å²) in [5.74, 6) is -0.859. The highest BCUT2D eigenvalue weighted by Gasteiger charge is 2.65. The van der Waals surface area contributed by atoms with Gasteiger partial charge in [-0.2, -0.15) is 0 Å². The molecule has 0 N–H and O–H groups in total. The van der Waals surface area contributed by atoms with Crippen molar-refractivity contribution in [3.63, 3.8) is 0 Å². The Kier molecular flexibility index (Phi) is 11.2. The largest absolute Gasteiger partial charge is 0.509 e. The lowest BCUT2D eigenvalue weighted by atomic mass is 9.67. The van der Waals surface area contributed by atoms with Gasteiger partial charge in [0.2, 0.25) is 0 Å². The van der Waals surface area contributed by atoms with E-state index < -0.39 is 41.4 Å². The van der Waals surface area contributed by atoms with Gasteiger partial charge >= 0.3 is 12.1 Å². The lowest BCUT2D eigenvalue weighted by Crippen LogP contribution is -2.52. The zero-order valence-electron chi connectivity index (χ0n) is 31.5. The summed E-state index contributed by atoms with van der Waals surface area (Å²) in [6.07, 6.45) is 1.41. The molecule has 2 bridgehead atoms. The summed E-state index contributed by atoms with van der Waals surface area (Å²) in [5.41, 5.74) is 1.00. The molecule has 7 heteroatoms. The van der Waals surface area contributed by atoms with Crippen LogP contribution < -0.4 is 0 Å². The van der Waals surface area contributed by atoms with Crippen molar-refractivity contribution in [3.05, 3.63) is 108 Å². The third-order valence-electron chi connectivity index (χ3n) is 11.0. The highest BCUT2D eigenvalue weighted by Crippen LogP contribution is 2.67. The van der Waals surface area contributed by atoms with Gasteiger partial charge in [-0.3, -0.25) is 9.69 Å². The Morgan fingerprint density at radius 2 is 1.34 bits per heavy atom. The molecule has 0 aliphatic heterocycles. The second kappa shape index (κ2) is 14.9. The van der Waals surface area contributed by atoms with Crippen LogP contribution in [-0.2, 0) is 30.3 Å². The smallest absolute Gasteiger partial charge is 0.460 e. The zero-order valence-corrected chi connectivity index (χ0v) is 31.5. The molecule has 0 saturated heterocycles. The second-order valence-electron chi connectivity index (χ2n) is 16.8. The van der Waals surface area contributed by atoms with Crippen LogP contribution in [0.25, 0.3) is 0 Å². The number of carbonyl (C=O) groups excluding carboxylic acids is 2. The predicted octanol–water partition coefficient (Wildman–Crippen LogP) is 9.72. The van der Waals surface area contributed by atoms with Crippen molar-refractivity contribution >= 4 is 12.1 Å². The minimum absolute atomic E-state index is 0.0110. The maximum atomic E-state index is 14.9. The third-order valence-corrected chi connectivity index (χ3v) is 11.0. The Labute approximate surface area is 299 Å². The van der Waals surface area contributed by atoms with Gasteiger partial charge in [-0.05, 0) is 88.8 Å². The van der Waals surface area contributed by atoms with E-state index in [1.807, 2.05) is 82.5 Å². The molecule has 0 radical (unpaired) electrons. The Morgan fingerprint density at radius 3 is 1.86 bits per heavy atom. The van der Waals surface area contributed by atoms with E-state index in [-0.39, 0.29) is 16.9 Å². The topological polar surface area (TPSA) is 74.3 Å². The first kappa shape index (κ1) is 37.6. The molecule has 7 nitrogen and oxygen atoms in total. The number of benzene rings is 3. The summed E-state index contributed by atoms with van der Waals surface area (Å²) in [4.78, 5) is 31.0. The Bertz CT molecular complexity index is 1560. The number of rotatable bonds is 12. The molecular formula is C43H57NO6. The molecule has 3 aromatic carbocycles. The molecule has 2 aliphatic carbocycles. The van der Waals surface area contributed by atoms with E-state index in [4.69, 9.17) is 18.9 Å². The van der Waals surface area contributed by atoms with Crippen LogP contribution in [0.5, 0.6) is 0 Å².